The number of hydrogen-bond donors (Lipinski definition) is 1. The molecule has 1 aliphatic carbocycles. The van der Waals surface area contributed by atoms with Crippen LogP contribution in [0.2, 0.25) is 0 Å². The average molecular weight is 450 g/mol. The van der Waals surface area contributed by atoms with E-state index in [9.17, 15) is 4.79 Å². The second-order valence-electron chi connectivity index (χ2n) is 8.83. The van der Waals surface area contributed by atoms with Gasteiger partial charge < -0.3 is 24.2 Å². The van der Waals surface area contributed by atoms with E-state index in [1.165, 1.54) is 27.8 Å². The van der Waals surface area contributed by atoms with Gasteiger partial charge in [0, 0.05) is 32.0 Å². The van der Waals surface area contributed by atoms with Crippen molar-refractivity contribution in [3.63, 3.8) is 0 Å². The number of carbonyl (C=O) groups excluding carboxylic acids is 1. The van der Waals surface area contributed by atoms with Crippen LogP contribution in [0.1, 0.15) is 41.9 Å². The highest BCUT2D eigenvalue weighted by Crippen LogP contribution is 2.43. The van der Waals surface area contributed by atoms with Crippen molar-refractivity contribution in [1.29, 1.82) is 0 Å². The van der Waals surface area contributed by atoms with Gasteiger partial charge >= 0.3 is 0 Å². The number of morpholine rings is 1. The second kappa shape index (κ2) is 10.1. The number of rotatable bonds is 7. The number of nitrogens with zero attached hydrogens (tertiary/aromatic N) is 1. The molecule has 33 heavy (non-hydrogen) atoms. The van der Waals surface area contributed by atoms with Crippen LogP contribution < -0.4 is 0 Å². The van der Waals surface area contributed by atoms with E-state index in [4.69, 9.17) is 19.3 Å². The first-order valence-corrected chi connectivity index (χ1v) is 11.9. The van der Waals surface area contributed by atoms with Crippen molar-refractivity contribution >= 4 is 5.91 Å². The molecule has 0 aromatic heterocycles. The fraction of sp³-hybridized carbons (Fsp3) is 0.444. The molecule has 2 heterocycles. The molecule has 6 heteroatoms. The number of aliphatic hydroxyl groups excluding tert-OH is 1. The van der Waals surface area contributed by atoms with E-state index in [0.29, 0.717) is 51.5 Å². The summed E-state index contributed by atoms with van der Waals surface area (Å²) in [6, 6.07) is 15.0. The van der Waals surface area contributed by atoms with Crippen LogP contribution in [0.5, 0.6) is 0 Å². The van der Waals surface area contributed by atoms with E-state index in [1.54, 1.807) is 4.90 Å². The van der Waals surface area contributed by atoms with Crippen LogP contribution in [0.25, 0.3) is 11.1 Å². The fourth-order valence-electron chi connectivity index (χ4n) is 5.01. The molecule has 0 spiro atoms. The molecule has 5 rings (SSSR count). The van der Waals surface area contributed by atoms with Crippen LogP contribution in [-0.2, 0) is 25.4 Å². The molecule has 2 aliphatic heterocycles. The van der Waals surface area contributed by atoms with Gasteiger partial charge in [-0.2, -0.15) is 0 Å². The van der Waals surface area contributed by atoms with E-state index in [2.05, 4.69) is 42.5 Å². The molecule has 6 nitrogen and oxygen atoms in total. The van der Waals surface area contributed by atoms with E-state index >= 15 is 0 Å². The molecule has 3 aliphatic rings. The van der Waals surface area contributed by atoms with Crippen molar-refractivity contribution in [3.8, 4) is 11.1 Å². The monoisotopic (exact) mass is 449 g/mol. The minimum Gasteiger partial charge on any atom is -0.459 e. The number of aliphatic hydroxyl groups is 1. The topological polar surface area (TPSA) is 68.2 Å². The average Bonchev–Trinajstić information content (AvgIpc) is 3.25. The minimum atomic E-state index is -0.488. The molecule has 0 radical (unpaired) electrons. The quantitative estimate of drug-likeness (QED) is 0.558. The van der Waals surface area contributed by atoms with Gasteiger partial charge in [0.05, 0.1) is 19.8 Å². The summed E-state index contributed by atoms with van der Waals surface area (Å²) in [5.41, 5.74) is 6.50. The summed E-state index contributed by atoms with van der Waals surface area (Å²) in [5.74, 6) is 0.307. The van der Waals surface area contributed by atoms with Gasteiger partial charge in [-0.15, -0.1) is 0 Å². The molecule has 2 atom stereocenters. The van der Waals surface area contributed by atoms with E-state index in [0.717, 1.165) is 12.8 Å². The zero-order valence-electron chi connectivity index (χ0n) is 18.9. The minimum absolute atomic E-state index is 0.0332. The third-order valence-electron chi connectivity index (χ3n) is 6.71. The Morgan fingerprint density at radius 1 is 1.06 bits per heavy atom. The third-order valence-corrected chi connectivity index (χ3v) is 6.71. The molecule has 1 N–H and O–H groups in total. The SMILES string of the molecule is O=C(C1=C[C@H](c2cccc3c2Cc2ccccc2-3)C[C@H](OCCCCO)O1)N1CCOCC1. The lowest BCUT2D eigenvalue weighted by molar-refractivity contribution is -0.155. The number of benzene rings is 2. The first-order chi connectivity index (χ1) is 16.2. The van der Waals surface area contributed by atoms with Crippen LogP contribution in [0.4, 0.5) is 0 Å². The van der Waals surface area contributed by atoms with E-state index in [-0.39, 0.29) is 18.4 Å². The van der Waals surface area contributed by atoms with E-state index in [1.807, 2.05) is 6.08 Å². The van der Waals surface area contributed by atoms with E-state index < -0.39 is 6.29 Å². The molecule has 174 valence electrons. The van der Waals surface area contributed by atoms with Gasteiger partial charge in [-0.3, -0.25) is 4.79 Å². The first-order valence-electron chi connectivity index (χ1n) is 11.9. The molecular formula is C27H31NO5. The van der Waals surface area contributed by atoms with Gasteiger partial charge in [0.15, 0.2) is 5.76 Å². The number of carbonyl (C=O) groups is 1. The van der Waals surface area contributed by atoms with Crippen molar-refractivity contribution < 1.29 is 24.1 Å². The zero-order valence-corrected chi connectivity index (χ0v) is 18.9. The summed E-state index contributed by atoms with van der Waals surface area (Å²) in [4.78, 5) is 15.1. The Balaban J connectivity index is 1.43. The maximum atomic E-state index is 13.3. The van der Waals surface area contributed by atoms with Gasteiger partial charge in [-0.05, 0) is 53.2 Å². The molecule has 1 amide bonds. The third kappa shape index (κ3) is 4.69. The summed E-state index contributed by atoms with van der Waals surface area (Å²) >= 11 is 0. The molecule has 1 fully saturated rings. The highest BCUT2D eigenvalue weighted by molar-refractivity contribution is 5.92. The Kier molecular flexibility index (Phi) is 6.76. The summed E-state index contributed by atoms with van der Waals surface area (Å²) in [6.07, 6.45) is 4.51. The molecule has 0 saturated carbocycles. The van der Waals surface area contributed by atoms with Crippen molar-refractivity contribution in [2.45, 2.75) is 37.9 Å². The number of hydrogen-bond acceptors (Lipinski definition) is 5. The Morgan fingerprint density at radius 3 is 2.73 bits per heavy atom. The molecular weight excluding hydrogens is 418 g/mol. The van der Waals surface area contributed by atoms with Crippen LogP contribution in [0.15, 0.2) is 54.3 Å². The maximum absolute atomic E-state index is 13.3. The van der Waals surface area contributed by atoms with Crippen molar-refractivity contribution in [3.05, 3.63) is 71.0 Å². The Morgan fingerprint density at radius 2 is 1.88 bits per heavy atom. The Bertz CT molecular complexity index is 1030. The standard InChI is InChI=1S/C27H31NO5/c29-12-3-4-13-32-26-18-20(17-25(33-26)27(30)28-10-14-31-15-11-28)22-8-5-9-23-21-7-2-1-6-19(21)16-24(22)23/h1-2,5-9,17,20,26,29H,3-4,10-16,18H2/t20-,26+/m0/s1. The Hall–Kier alpha value is -2.67. The van der Waals surface area contributed by atoms with Crippen LogP contribution >= 0.6 is 0 Å². The van der Waals surface area contributed by atoms with Crippen LogP contribution in [-0.4, -0.2) is 61.7 Å². The molecule has 1 saturated heterocycles. The lowest BCUT2D eigenvalue weighted by Gasteiger charge is -2.33. The molecule has 2 aromatic rings. The summed E-state index contributed by atoms with van der Waals surface area (Å²) in [7, 11) is 0. The maximum Gasteiger partial charge on any atom is 0.288 e. The molecule has 2 aromatic carbocycles. The zero-order chi connectivity index (χ0) is 22.6. The predicted molar refractivity (Wildman–Crippen MR) is 125 cm³/mol. The molecule has 0 unspecified atom stereocenters. The summed E-state index contributed by atoms with van der Waals surface area (Å²) in [5, 5.41) is 9.06. The second-order valence-corrected chi connectivity index (χ2v) is 8.83. The summed E-state index contributed by atoms with van der Waals surface area (Å²) in [6.45, 7) is 2.89. The van der Waals surface area contributed by atoms with Gasteiger partial charge in [0.1, 0.15) is 0 Å². The van der Waals surface area contributed by atoms with Gasteiger partial charge in [0.25, 0.3) is 5.91 Å². The number of fused-ring (bicyclic) bond motifs is 3. The number of unbranched alkanes of at least 4 members (excludes halogenated alkanes) is 1. The van der Waals surface area contributed by atoms with Crippen molar-refractivity contribution in [1.82, 2.24) is 4.90 Å². The summed E-state index contributed by atoms with van der Waals surface area (Å²) < 4.78 is 17.5. The number of allylic oxidation sites excluding steroid dienone is 1. The first kappa shape index (κ1) is 22.1. The van der Waals surface area contributed by atoms with Gasteiger partial charge in [-0.25, -0.2) is 0 Å². The molecule has 0 bridgehead atoms. The number of ether oxygens (including phenoxy) is 3. The normalized spacial score (nSPS) is 21.7. The van der Waals surface area contributed by atoms with Crippen molar-refractivity contribution in [2.24, 2.45) is 0 Å². The van der Waals surface area contributed by atoms with Crippen molar-refractivity contribution in [2.75, 3.05) is 39.5 Å². The van der Waals surface area contributed by atoms with Gasteiger partial charge in [0.2, 0.25) is 6.29 Å². The highest BCUT2D eigenvalue weighted by Gasteiger charge is 2.33. The van der Waals surface area contributed by atoms with Crippen LogP contribution in [0, 0.1) is 0 Å². The van der Waals surface area contributed by atoms with Gasteiger partial charge in [-0.1, -0.05) is 42.5 Å². The largest absolute Gasteiger partial charge is 0.459 e. The lowest BCUT2D eigenvalue weighted by Crippen LogP contribution is -2.43. The highest BCUT2D eigenvalue weighted by atomic mass is 16.7. The van der Waals surface area contributed by atoms with Crippen LogP contribution in [0.3, 0.4) is 0 Å². The number of amides is 1. The Labute approximate surface area is 194 Å². The lowest BCUT2D eigenvalue weighted by atomic mass is 9.87. The fourth-order valence-corrected chi connectivity index (χ4v) is 5.01. The predicted octanol–water partition coefficient (Wildman–Crippen LogP) is 3.62. The smallest absolute Gasteiger partial charge is 0.288 e.